The predicted molar refractivity (Wildman–Crippen MR) is 92.9 cm³/mol. The Morgan fingerprint density at radius 1 is 1.04 bits per heavy atom. The molecule has 0 atom stereocenters. The van der Waals surface area contributed by atoms with Gasteiger partial charge in [-0.15, -0.1) is 0 Å². The number of alkyl halides is 2. The minimum Gasteiger partial charge on any atom is -0.494 e. The minimum absolute atomic E-state index is 0.00230. The van der Waals surface area contributed by atoms with Crippen molar-refractivity contribution in [1.29, 1.82) is 0 Å². The predicted octanol–water partition coefficient (Wildman–Crippen LogP) is 4.29. The average molecular weight is 363 g/mol. The first-order valence-corrected chi connectivity index (χ1v) is 8.09. The van der Waals surface area contributed by atoms with Gasteiger partial charge in [-0.25, -0.2) is 0 Å². The van der Waals surface area contributed by atoms with Crippen LogP contribution in [0, 0.1) is 0 Å². The molecule has 0 saturated heterocycles. The first-order chi connectivity index (χ1) is 12.5. The van der Waals surface area contributed by atoms with Crippen molar-refractivity contribution in [3.63, 3.8) is 0 Å². The Hall–Kier alpha value is -2.96. The molecule has 0 aliphatic carbocycles. The van der Waals surface area contributed by atoms with Gasteiger partial charge in [0.2, 0.25) is 5.91 Å². The summed E-state index contributed by atoms with van der Waals surface area (Å²) in [6.07, 6.45) is -0.0766. The molecule has 0 bridgehead atoms. The topological polar surface area (TPSA) is 64.6 Å². The van der Waals surface area contributed by atoms with Crippen LogP contribution in [0.15, 0.2) is 48.5 Å². The van der Waals surface area contributed by atoms with E-state index in [0.29, 0.717) is 17.9 Å². The van der Waals surface area contributed by atoms with E-state index in [9.17, 15) is 18.4 Å². The lowest BCUT2D eigenvalue weighted by molar-refractivity contribution is -0.116. The third-order valence-electron chi connectivity index (χ3n) is 3.44. The summed E-state index contributed by atoms with van der Waals surface area (Å²) in [4.78, 5) is 24.1. The fourth-order valence-electron chi connectivity index (χ4n) is 2.26. The normalized spacial score (nSPS) is 10.5. The van der Waals surface area contributed by atoms with Gasteiger partial charge in [0.25, 0.3) is 0 Å². The second-order valence-corrected chi connectivity index (χ2v) is 5.30. The molecule has 0 unspecified atom stereocenters. The number of para-hydroxylation sites is 2. The Morgan fingerprint density at radius 2 is 1.73 bits per heavy atom. The molecule has 0 heterocycles. The fourth-order valence-corrected chi connectivity index (χ4v) is 2.26. The van der Waals surface area contributed by atoms with E-state index in [2.05, 4.69) is 10.1 Å². The Morgan fingerprint density at radius 3 is 2.38 bits per heavy atom. The van der Waals surface area contributed by atoms with Gasteiger partial charge in [-0.2, -0.15) is 8.78 Å². The highest BCUT2D eigenvalue weighted by Crippen LogP contribution is 2.25. The van der Waals surface area contributed by atoms with Gasteiger partial charge >= 0.3 is 6.61 Å². The number of nitrogens with one attached hydrogen (secondary N) is 1. The van der Waals surface area contributed by atoms with E-state index in [4.69, 9.17) is 4.74 Å². The first-order valence-electron chi connectivity index (χ1n) is 8.09. The molecule has 26 heavy (non-hydrogen) atoms. The molecule has 0 aliphatic heterocycles. The minimum atomic E-state index is -2.99. The number of ether oxygens (including phenoxy) is 2. The highest BCUT2D eigenvalue weighted by atomic mass is 19.3. The molecule has 5 nitrogen and oxygen atoms in total. The van der Waals surface area contributed by atoms with Gasteiger partial charge < -0.3 is 14.8 Å². The molecule has 0 saturated carbocycles. The number of hydrogen-bond donors (Lipinski definition) is 1. The number of anilines is 1. The van der Waals surface area contributed by atoms with E-state index in [1.165, 1.54) is 18.2 Å². The third-order valence-corrected chi connectivity index (χ3v) is 3.44. The molecule has 0 aromatic heterocycles. The molecule has 0 fully saturated rings. The summed E-state index contributed by atoms with van der Waals surface area (Å²) >= 11 is 0. The van der Waals surface area contributed by atoms with Crippen LogP contribution in [0.2, 0.25) is 0 Å². The van der Waals surface area contributed by atoms with Crippen molar-refractivity contribution in [2.24, 2.45) is 0 Å². The molecule has 7 heteroatoms. The van der Waals surface area contributed by atoms with Crippen LogP contribution in [0.25, 0.3) is 0 Å². The van der Waals surface area contributed by atoms with Crippen molar-refractivity contribution >= 4 is 17.4 Å². The molecule has 0 aliphatic rings. The van der Waals surface area contributed by atoms with Crippen molar-refractivity contribution in [3.05, 3.63) is 54.1 Å². The molecule has 0 spiro atoms. The fraction of sp³-hybridized carbons (Fsp3) is 0.263. The Labute approximate surface area is 149 Å². The van der Waals surface area contributed by atoms with E-state index in [1.54, 1.807) is 30.3 Å². The zero-order chi connectivity index (χ0) is 18.9. The lowest BCUT2D eigenvalue weighted by Gasteiger charge is -2.11. The lowest BCUT2D eigenvalue weighted by atomic mass is 10.1. The van der Waals surface area contributed by atoms with E-state index < -0.39 is 12.5 Å². The van der Waals surface area contributed by atoms with E-state index in [1.807, 2.05) is 6.92 Å². The van der Waals surface area contributed by atoms with Crippen LogP contribution in [0.4, 0.5) is 14.5 Å². The monoisotopic (exact) mass is 363 g/mol. The number of halogens is 2. The van der Waals surface area contributed by atoms with Gasteiger partial charge in [0.15, 0.2) is 5.78 Å². The van der Waals surface area contributed by atoms with Crippen molar-refractivity contribution < 1.29 is 27.8 Å². The van der Waals surface area contributed by atoms with Gasteiger partial charge in [-0.1, -0.05) is 12.1 Å². The first kappa shape index (κ1) is 19.4. The number of Topliss-reactive ketones (excluding diaryl/α,β-unsaturated/α-hetero) is 1. The Balaban J connectivity index is 1.89. The lowest BCUT2D eigenvalue weighted by Crippen LogP contribution is -2.15. The Bertz CT molecular complexity index is 747. The van der Waals surface area contributed by atoms with E-state index >= 15 is 0 Å². The second-order valence-electron chi connectivity index (χ2n) is 5.30. The maximum absolute atomic E-state index is 12.4. The number of carbonyl (C=O) groups excluding carboxylic acids is 2. The van der Waals surface area contributed by atoms with Crippen molar-refractivity contribution in [3.8, 4) is 11.5 Å². The summed E-state index contributed by atoms with van der Waals surface area (Å²) in [5, 5.41) is 2.48. The van der Waals surface area contributed by atoms with Crippen LogP contribution in [0.5, 0.6) is 11.5 Å². The van der Waals surface area contributed by atoms with Gasteiger partial charge in [0.05, 0.1) is 12.3 Å². The highest BCUT2D eigenvalue weighted by Gasteiger charge is 2.13. The number of ketones is 1. The molecular weight excluding hydrogens is 344 g/mol. The van der Waals surface area contributed by atoms with Crippen LogP contribution >= 0.6 is 0 Å². The number of benzene rings is 2. The molecule has 1 amide bonds. The molecule has 2 aromatic carbocycles. The van der Waals surface area contributed by atoms with E-state index in [-0.39, 0.29) is 30.1 Å². The van der Waals surface area contributed by atoms with Crippen LogP contribution in [0.1, 0.15) is 30.1 Å². The number of amides is 1. The molecule has 0 radical (unpaired) electrons. The van der Waals surface area contributed by atoms with Crippen LogP contribution in [-0.2, 0) is 4.79 Å². The summed E-state index contributed by atoms with van der Waals surface area (Å²) in [5.74, 6) is -0.124. The van der Waals surface area contributed by atoms with Crippen molar-refractivity contribution in [1.82, 2.24) is 0 Å². The summed E-state index contributed by atoms with van der Waals surface area (Å²) in [7, 11) is 0. The smallest absolute Gasteiger partial charge is 0.387 e. The number of rotatable bonds is 9. The average Bonchev–Trinajstić information content (AvgIpc) is 2.62. The van der Waals surface area contributed by atoms with E-state index in [0.717, 1.165) is 0 Å². The molecule has 2 rings (SSSR count). The second kappa shape index (κ2) is 9.50. The molecular formula is C19H19F2NO4. The van der Waals surface area contributed by atoms with Crippen molar-refractivity contribution in [2.75, 3.05) is 11.9 Å². The van der Waals surface area contributed by atoms with Crippen LogP contribution < -0.4 is 14.8 Å². The summed E-state index contributed by atoms with van der Waals surface area (Å²) in [5.41, 5.74) is 0.606. The third kappa shape index (κ3) is 5.84. The zero-order valence-corrected chi connectivity index (χ0v) is 14.2. The summed E-state index contributed by atoms with van der Waals surface area (Å²) < 4.78 is 34.4. The Kier molecular flexibility index (Phi) is 7.08. The largest absolute Gasteiger partial charge is 0.494 e. The van der Waals surface area contributed by atoms with Gasteiger partial charge in [-0.05, 0) is 43.3 Å². The zero-order valence-electron chi connectivity index (χ0n) is 14.2. The molecule has 2 aromatic rings. The SMILES string of the molecule is CCOc1ccc(C(=O)CCC(=O)Nc2ccccc2OC(F)F)cc1. The maximum Gasteiger partial charge on any atom is 0.387 e. The highest BCUT2D eigenvalue weighted by molar-refractivity contribution is 6.00. The summed E-state index contributed by atoms with van der Waals surface area (Å²) in [6.45, 7) is -0.596. The van der Waals surface area contributed by atoms with Crippen molar-refractivity contribution in [2.45, 2.75) is 26.4 Å². The standard InChI is InChI=1S/C19H19F2NO4/c1-2-25-14-9-7-13(8-10-14)16(23)11-12-18(24)22-15-5-3-4-6-17(15)26-19(20)21/h3-10,19H,2,11-12H2,1H3,(H,22,24). The van der Waals surface area contributed by atoms with Gasteiger partial charge in [0.1, 0.15) is 11.5 Å². The molecule has 138 valence electrons. The molecule has 1 N–H and O–H groups in total. The quantitative estimate of drug-likeness (QED) is 0.675. The van der Waals surface area contributed by atoms with Crippen LogP contribution in [-0.4, -0.2) is 24.9 Å². The van der Waals surface area contributed by atoms with Gasteiger partial charge in [0, 0.05) is 18.4 Å². The maximum atomic E-state index is 12.4. The van der Waals surface area contributed by atoms with Gasteiger partial charge in [-0.3, -0.25) is 9.59 Å². The van der Waals surface area contributed by atoms with Crippen LogP contribution in [0.3, 0.4) is 0 Å². The number of hydrogen-bond acceptors (Lipinski definition) is 4. The summed E-state index contributed by atoms with van der Waals surface area (Å²) in [6, 6.07) is 12.5. The number of carbonyl (C=O) groups is 2.